The molecule has 1 aliphatic heterocycles. The Morgan fingerprint density at radius 3 is 2.67 bits per heavy atom. The van der Waals surface area contributed by atoms with Crippen LogP contribution in [0.5, 0.6) is 0 Å². The van der Waals surface area contributed by atoms with Gasteiger partial charge in [-0.05, 0) is 0 Å². The van der Waals surface area contributed by atoms with Crippen molar-refractivity contribution in [3.8, 4) is 0 Å². The fraction of sp³-hybridized carbons (Fsp3) is 1.00. The molecule has 3 nitrogen and oxygen atoms in total. The minimum Gasteiger partial charge on any atom is -0.393 e. The molecule has 0 bridgehead atoms. The minimum atomic E-state index is -2.31. The van der Waals surface area contributed by atoms with Crippen LogP contribution in [0.3, 0.4) is 0 Å². The number of hydrogen-bond donors (Lipinski definition) is 2. The Kier molecular flexibility index (Phi) is 1.70. The van der Waals surface area contributed by atoms with Crippen LogP contribution in [-0.4, -0.2) is 35.4 Å². The zero-order valence-corrected chi connectivity index (χ0v) is 4.88. The molecule has 0 radical (unpaired) electrons. The van der Waals surface area contributed by atoms with E-state index in [1.54, 1.807) is 0 Å². The number of ether oxygens (including phenoxy) is 1. The summed E-state index contributed by atoms with van der Waals surface area (Å²) in [6.45, 7) is -0.286. The first-order valence-corrected chi connectivity index (χ1v) is 2.80. The molecular formula is C5H9FO3. The van der Waals surface area contributed by atoms with Gasteiger partial charge in [-0.15, -0.1) is 0 Å². The molecule has 1 heterocycles. The summed E-state index contributed by atoms with van der Waals surface area (Å²) in [6, 6.07) is 0. The summed E-state index contributed by atoms with van der Waals surface area (Å²) in [7, 11) is 0. The number of rotatable bonds is 1. The number of aliphatic hydroxyl groups is 2. The van der Waals surface area contributed by atoms with E-state index in [2.05, 4.69) is 4.74 Å². The van der Waals surface area contributed by atoms with Gasteiger partial charge in [0.15, 0.2) is 0 Å². The van der Waals surface area contributed by atoms with Crippen molar-refractivity contribution >= 4 is 0 Å². The lowest BCUT2D eigenvalue weighted by Gasteiger charge is -2.16. The summed E-state index contributed by atoms with van der Waals surface area (Å²) in [4.78, 5) is 0. The van der Waals surface area contributed by atoms with Crippen LogP contribution in [0.1, 0.15) is 6.42 Å². The zero-order chi connectivity index (χ0) is 6.91. The molecule has 1 rings (SSSR count). The molecule has 0 saturated carbocycles. The van der Waals surface area contributed by atoms with Gasteiger partial charge < -0.3 is 14.9 Å². The van der Waals surface area contributed by atoms with Gasteiger partial charge in [0.25, 0.3) is 0 Å². The fourth-order valence-electron chi connectivity index (χ4n) is 0.826. The van der Waals surface area contributed by atoms with Crippen LogP contribution in [0, 0.1) is 0 Å². The fourth-order valence-corrected chi connectivity index (χ4v) is 0.826. The lowest BCUT2D eigenvalue weighted by atomic mass is 10.2. The van der Waals surface area contributed by atoms with E-state index in [9.17, 15) is 4.39 Å². The van der Waals surface area contributed by atoms with Gasteiger partial charge in [-0.25, -0.2) is 4.39 Å². The van der Waals surface area contributed by atoms with Gasteiger partial charge in [0.2, 0.25) is 5.85 Å². The largest absolute Gasteiger partial charge is 0.393 e. The number of hydrogen-bond acceptors (Lipinski definition) is 3. The first kappa shape index (κ1) is 6.92. The topological polar surface area (TPSA) is 49.7 Å². The van der Waals surface area contributed by atoms with E-state index in [0.29, 0.717) is 0 Å². The van der Waals surface area contributed by atoms with Crippen LogP contribution < -0.4 is 0 Å². The van der Waals surface area contributed by atoms with Gasteiger partial charge in [0.05, 0.1) is 13.2 Å². The van der Waals surface area contributed by atoms with E-state index in [4.69, 9.17) is 10.2 Å². The Bertz CT molecular complexity index is 104. The summed E-state index contributed by atoms with van der Waals surface area (Å²) < 4.78 is 17.2. The number of alkyl halides is 1. The first-order valence-electron chi connectivity index (χ1n) is 2.80. The summed E-state index contributed by atoms with van der Waals surface area (Å²) in [5.74, 6) is -2.31. The summed E-state index contributed by atoms with van der Waals surface area (Å²) in [5, 5.41) is 17.1. The van der Waals surface area contributed by atoms with Crippen molar-refractivity contribution in [1.82, 2.24) is 0 Å². The Morgan fingerprint density at radius 1 is 1.78 bits per heavy atom. The van der Waals surface area contributed by atoms with Gasteiger partial charge >= 0.3 is 0 Å². The highest BCUT2D eigenvalue weighted by Crippen LogP contribution is 2.26. The molecule has 0 amide bonds. The SMILES string of the molecule is OC[C@H]1OCC[C@@]1(O)F. The smallest absolute Gasteiger partial charge is 0.237 e. The van der Waals surface area contributed by atoms with Crippen LogP contribution in [0.2, 0.25) is 0 Å². The highest BCUT2D eigenvalue weighted by molar-refractivity contribution is 4.81. The monoisotopic (exact) mass is 136 g/mol. The van der Waals surface area contributed by atoms with Crippen molar-refractivity contribution in [2.75, 3.05) is 13.2 Å². The third kappa shape index (κ3) is 1.20. The van der Waals surface area contributed by atoms with E-state index in [0.717, 1.165) is 0 Å². The molecule has 2 N–H and O–H groups in total. The third-order valence-electron chi connectivity index (χ3n) is 1.43. The van der Waals surface area contributed by atoms with Gasteiger partial charge in [-0.1, -0.05) is 0 Å². The molecule has 1 fully saturated rings. The summed E-state index contributed by atoms with van der Waals surface area (Å²) in [5.41, 5.74) is 0. The average Bonchev–Trinajstić information content (AvgIpc) is 2.08. The average molecular weight is 136 g/mol. The van der Waals surface area contributed by atoms with Crippen molar-refractivity contribution < 1.29 is 19.3 Å². The van der Waals surface area contributed by atoms with E-state index in [1.807, 2.05) is 0 Å². The van der Waals surface area contributed by atoms with E-state index in [-0.39, 0.29) is 13.0 Å². The molecule has 0 aliphatic carbocycles. The Labute approximate surface area is 52.1 Å². The predicted molar refractivity (Wildman–Crippen MR) is 27.5 cm³/mol. The molecule has 0 aromatic rings. The molecule has 4 heteroatoms. The molecular weight excluding hydrogens is 127 g/mol. The Hall–Kier alpha value is -0.190. The Morgan fingerprint density at radius 2 is 2.44 bits per heavy atom. The second-order valence-corrected chi connectivity index (χ2v) is 2.11. The lowest BCUT2D eigenvalue weighted by Crippen LogP contribution is -2.35. The third-order valence-corrected chi connectivity index (χ3v) is 1.43. The van der Waals surface area contributed by atoms with Gasteiger partial charge in [0.1, 0.15) is 6.10 Å². The maximum atomic E-state index is 12.5. The molecule has 2 atom stereocenters. The van der Waals surface area contributed by atoms with Crippen LogP contribution in [0.15, 0.2) is 0 Å². The van der Waals surface area contributed by atoms with E-state index >= 15 is 0 Å². The van der Waals surface area contributed by atoms with Gasteiger partial charge in [-0.2, -0.15) is 0 Å². The summed E-state index contributed by atoms with van der Waals surface area (Å²) >= 11 is 0. The number of aliphatic hydroxyl groups excluding tert-OH is 1. The molecule has 0 spiro atoms. The van der Waals surface area contributed by atoms with Crippen molar-refractivity contribution in [2.45, 2.75) is 18.4 Å². The Balaban J connectivity index is 2.52. The maximum absolute atomic E-state index is 12.5. The summed E-state index contributed by atoms with van der Waals surface area (Å²) in [6.07, 6.45) is -1.09. The minimum absolute atomic E-state index is 0.0434. The standard InChI is InChI=1S/C5H9FO3/c6-5(8)1-2-9-4(5)3-7/h4,7-8H,1-3H2/t4-,5+/m1/s1. The van der Waals surface area contributed by atoms with Crippen molar-refractivity contribution in [2.24, 2.45) is 0 Å². The molecule has 0 aromatic carbocycles. The molecule has 1 saturated heterocycles. The first-order chi connectivity index (χ1) is 4.17. The molecule has 0 unspecified atom stereocenters. The highest BCUT2D eigenvalue weighted by Gasteiger charge is 2.42. The second-order valence-electron chi connectivity index (χ2n) is 2.11. The lowest BCUT2D eigenvalue weighted by molar-refractivity contribution is -0.145. The van der Waals surface area contributed by atoms with Crippen molar-refractivity contribution in [3.05, 3.63) is 0 Å². The zero-order valence-electron chi connectivity index (χ0n) is 4.88. The predicted octanol–water partition coefficient (Wildman–Crippen LogP) is -0.574. The molecule has 0 aromatic heterocycles. The number of halogens is 1. The van der Waals surface area contributed by atoms with Crippen molar-refractivity contribution in [1.29, 1.82) is 0 Å². The van der Waals surface area contributed by atoms with Crippen LogP contribution in [-0.2, 0) is 4.74 Å². The maximum Gasteiger partial charge on any atom is 0.237 e. The molecule has 54 valence electrons. The highest BCUT2D eigenvalue weighted by atomic mass is 19.2. The quantitative estimate of drug-likeness (QED) is 0.507. The van der Waals surface area contributed by atoms with Crippen LogP contribution in [0.4, 0.5) is 4.39 Å². The van der Waals surface area contributed by atoms with Crippen LogP contribution in [0.25, 0.3) is 0 Å². The van der Waals surface area contributed by atoms with E-state index < -0.39 is 18.6 Å². The molecule has 9 heavy (non-hydrogen) atoms. The normalized spacial score (nSPS) is 43.7. The van der Waals surface area contributed by atoms with Gasteiger partial charge in [-0.3, -0.25) is 0 Å². The van der Waals surface area contributed by atoms with Gasteiger partial charge in [0, 0.05) is 6.42 Å². The van der Waals surface area contributed by atoms with E-state index in [1.165, 1.54) is 0 Å². The second kappa shape index (κ2) is 2.21. The van der Waals surface area contributed by atoms with Crippen LogP contribution >= 0.6 is 0 Å². The molecule has 1 aliphatic rings. The van der Waals surface area contributed by atoms with Crippen molar-refractivity contribution in [3.63, 3.8) is 0 Å².